The molecule has 0 amide bonds. The summed E-state index contributed by atoms with van der Waals surface area (Å²) in [5, 5.41) is 2.90. The second-order valence-electron chi connectivity index (χ2n) is 4.47. The first-order chi connectivity index (χ1) is 7.67. The van der Waals surface area contributed by atoms with Gasteiger partial charge in [-0.1, -0.05) is 26.2 Å². The molecule has 2 N–H and O–H groups in total. The molecule has 1 unspecified atom stereocenters. The number of hydrogen-bond acceptors (Lipinski definition) is 3. The van der Waals surface area contributed by atoms with Crippen LogP contribution in [0.25, 0.3) is 0 Å². The van der Waals surface area contributed by atoms with E-state index in [1.807, 2.05) is 0 Å². The molecule has 1 saturated heterocycles. The molecule has 0 aromatic heterocycles. The number of sulfonamides is 1. The summed E-state index contributed by atoms with van der Waals surface area (Å²) in [6.07, 6.45) is 6.18. The van der Waals surface area contributed by atoms with Crippen molar-refractivity contribution in [1.29, 1.82) is 0 Å². The molecule has 1 fully saturated rings. The van der Waals surface area contributed by atoms with E-state index in [1.54, 1.807) is 0 Å². The summed E-state index contributed by atoms with van der Waals surface area (Å²) in [6, 6.07) is 0. The molecule has 96 valence electrons. The van der Waals surface area contributed by atoms with E-state index in [0.717, 1.165) is 32.2 Å². The molecule has 0 bridgehead atoms. The molecular formula is C11H24N2O2S. The summed E-state index contributed by atoms with van der Waals surface area (Å²) in [5.74, 6) is 0. The first-order valence-corrected chi connectivity index (χ1v) is 7.90. The number of hydrogen-bond donors (Lipinski definition) is 2. The molecule has 5 heteroatoms. The van der Waals surface area contributed by atoms with Crippen LogP contribution < -0.4 is 10.0 Å². The van der Waals surface area contributed by atoms with Gasteiger partial charge in [-0.25, -0.2) is 13.1 Å². The highest BCUT2D eigenvalue weighted by atomic mass is 32.2. The van der Waals surface area contributed by atoms with E-state index >= 15 is 0 Å². The van der Waals surface area contributed by atoms with Crippen LogP contribution in [0.2, 0.25) is 0 Å². The van der Waals surface area contributed by atoms with Crippen LogP contribution >= 0.6 is 0 Å². The van der Waals surface area contributed by atoms with E-state index in [-0.39, 0.29) is 5.25 Å². The van der Waals surface area contributed by atoms with Gasteiger partial charge in [-0.05, 0) is 25.8 Å². The SMILES string of the molecule is CCCCCCNS(=O)(=O)C1CCCNC1. The van der Waals surface area contributed by atoms with Crippen LogP contribution in [0.4, 0.5) is 0 Å². The Morgan fingerprint density at radius 1 is 1.31 bits per heavy atom. The van der Waals surface area contributed by atoms with E-state index < -0.39 is 10.0 Å². The molecule has 4 nitrogen and oxygen atoms in total. The standard InChI is InChI=1S/C11H24N2O2S/c1-2-3-4-5-9-13-16(14,15)11-7-6-8-12-10-11/h11-13H,2-10H2,1H3. The molecule has 1 atom stereocenters. The van der Waals surface area contributed by atoms with Crippen molar-refractivity contribution in [2.75, 3.05) is 19.6 Å². The summed E-state index contributed by atoms with van der Waals surface area (Å²) in [5.41, 5.74) is 0. The molecule has 0 spiro atoms. The zero-order valence-corrected chi connectivity index (χ0v) is 11.0. The number of unbranched alkanes of at least 4 members (excludes halogenated alkanes) is 3. The third kappa shape index (κ3) is 4.80. The van der Waals surface area contributed by atoms with Gasteiger partial charge in [0.15, 0.2) is 0 Å². The third-order valence-corrected chi connectivity index (χ3v) is 4.91. The molecule has 1 aliphatic rings. The minimum atomic E-state index is -3.08. The lowest BCUT2D eigenvalue weighted by Crippen LogP contribution is -2.44. The molecule has 1 heterocycles. The normalized spacial score (nSPS) is 22.2. The van der Waals surface area contributed by atoms with Crippen LogP contribution in [0, 0.1) is 0 Å². The van der Waals surface area contributed by atoms with Crippen LogP contribution in [0.5, 0.6) is 0 Å². The zero-order valence-electron chi connectivity index (χ0n) is 10.2. The van der Waals surface area contributed by atoms with Crippen LogP contribution in [-0.4, -0.2) is 33.3 Å². The van der Waals surface area contributed by atoms with Gasteiger partial charge in [-0.2, -0.15) is 0 Å². The highest BCUT2D eigenvalue weighted by molar-refractivity contribution is 7.90. The van der Waals surface area contributed by atoms with E-state index in [4.69, 9.17) is 0 Å². The molecule has 16 heavy (non-hydrogen) atoms. The Kier molecular flexibility index (Phi) is 6.31. The van der Waals surface area contributed by atoms with Crippen molar-refractivity contribution in [3.63, 3.8) is 0 Å². The fourth-order valence-corrected chi connectivity index (χ4v) is 3.45. The molecule has 0 aromatic carbocycles. The Morgan fingerprint density at radius 3 is 2.75 bits per heavy atom. The largest absolute Gasteiger partial charge is 0.315 e. The summed E-state index contributed by atoms with van der Waals surface area (Å²) in [6.45, 7) is 4.30. The molecule has 0 aliphatic carbocycles. The highest BCUT2D eigenvalue weighted by Crippen LogP contribution is 2.10. The van der Waals surface area contributed by atoms with Gasteiger partial charge < -0.3 is 5.32 Å². The number of nitrogens with one attached hydrogen (secondary N) is 2. The second-order valence-corrected chi connectivity index (χ2v) is 6.51. The molecule has 0 aromatic rings. The van der Waals surface area contributed by atoms with Gasteiger partial charge in [0, 0.05) is 13.1 Å². The summed E-state index contributed by atoms with van der Waals surface area (Å²) >= 11 is 0. The van der Waals surface area contributed by atoms with E-state index in [9.17, 15) is 8.42 Å². The van der Waals surface area contributed by atoms with E-state index in [0.29, 0.717) is 13.1 Å². The van der Waals surface area contributed by atoms with Crippen LogP contribution in [-0.2, 0) is 10.0 Å². The Hall–Kier alpha value is -0.130. The molecule has 1 aliphatic heterocycles. The Balaban J connectivity index is 2.22. The summed E-state index contributed by atoms with van der Waals surface area (Å²) in [4.78, 5) is 0. The number of rotatable bonds is 7. The van der Waals surface area contributed by atoms with Gasteiger partial charge in [-0.3, -0.25) is 0 Å². The minimum Gasteiger partial charge on any atom is -0.315 e. The summed E-state index contributed by atoms with van der Waals surface area (Å²) < 4.78 is 26.5. The van der Waals surface area contributed by atoms with Gasteiger partial charge in [0.05, 0.1) is 5.25 Å². The smallest absolute Gasteiger partial charge is 0.215 e. The third-order valence-electron chi connectivity index (χ3n) is 3.02. The predicted octanol–water partition coefficient (Wildman–Crippen LogP) is 1.24. The Morgan fingerprint density at radius 2 is 2.12 bits per heavy atom. The lowest BCUT2D eigenvalue weighted by molar-refractivity contribution is 0.488. The van der Waals surface area contributed by atoms with Crippen LogP contribution in [0.3, 0.4) is 0 Å². The predicted molar refractivity (Wildman–Crippen MR) is 67.0 cm³/mol. The van der Waals surface area contributed by atoms with Crippen molar-refractivity contribution in [3.05, 3.63) is 0 Å². The van der Waals surface area contributed by atoms with Crippen molar-refractivity contribution in [2.24, 2.45) is 0 Å². The van der Waals surface area contributed by atoms with Crippen LogP contribution in [0.15, 0.2) is 0 Å². The molecule has 1 rings (SSSR count). The maximum atomic E-state index is 11.9. The van der Waals surface area contributed by atoms with Gasteiger partial charge in [-0.15, -0.1) is 0 Å². The average molecular weight is 248 g/mol. The Labute approximate surface area is 99.2 Å². The van der Waals surface area contributed by atoms with Crippen molar-refractivity contribution < 1.29 is 8.42 Å². The first kappa shape index (κ1) is 13.9. The van der Waals surface area contributed by atoms with Crippen molar-refractivity contribution in [2.45, 2.75) is 50.7 Å². The molecule has 0 radical (unpaired) electrons. The zero-order chi connectivity index (χ0) is 11.9. The topological polar surface area (TPSA) is 58.2 Å². The van der Waals surface area contributed by atoms with E-state index in [2.05, 4.69) is 17.0 Å². The Bertz CT molecular complexity index is 272. The maximum absolute atomic E-state index is 11.9. The lowest BCUT2D eigenvalue weighted by atomic mass is 10.2. The highest BCUT2D eigenvalue weighted by Gasteiger charge is 2.26. The fourth-order valence-electron chi connectivity index (χ4n) is 1.97. The second kappa shape index (κ2) is 7.25. The van der Waals surface area contributed by atoms with Crippen molar-refractivity contribution >= 4 is 10.0 Å². The van der Waals surface area contributed by atoms with Crippen LogP contribution in [0.1, 0.15) is 45.4 Å². The monoisotopic (exact) mass is 248 g/mol. The minimum absolute atomic E-state index is 0.229. The van der Waals surface area contributed by atoms with Crippen molar-refractivity contribution in [1.82, 2.24) is 10.0 Å². The quantitative estimate of drug-likeness (QED) is 0.666. The van der Waals surface area contributed by atoms with Gasteiger partial charge >= 0.3 is 0 Å². The van der Waals surface area contributed by atoms with Gasteiger partial charge in [0.25, 0.3) is 0 Å². The average Bonchev–Trinajstić information content (AvgIpc) is 2.30. The maximum Gasteiger partial charge on any atom is 0.215 e. The van der Waals surface area contributed by atoms with Gasteiger partial charge in [0.2, 0.25) is 10.0 Å². The summed E-state index contributed by atoms with van der Waals surface area (Å²) in [7, 11) is -3.08. The molecule has 0 saturated carbocycles. The van der Waals surface area contributed by atoms with E-state index in [1.165, 1.54) is 12.8 Å². The van der Waals surface area contributed by atoms with Crippen molar-refractivity contribution in [3.8, 4) is 0 Å². The number of piperidine rings is 1. The fraction of sp³-hybridized carbons (Fsp3) is 1.00. The molecular weight excluding hydrogens is 224 g/mol. The first-order valence-electron chi connectivity index (χ1n) is 6.36. The van der Waals surface area contributed by atoms with Gasteiger partial charge in [0.1, 0.15) is 0 Å². The lowest BCUT2D eigenvalue weighted by Gasteiger charge is -2.22.